The molecule has 4 nitrogen and oxygen atoms in total. The van der Waals surface area contributed by atoms with Gasteiger partial charge in [0.2, 0.25) is 0 Å². The normalized spacial score (nSPS) is 11.2. The molecule has 22 heavy (non-hydrogen) atoms. The molecule has 5 heteroatoms. The Morgan fingerprint density at radius 2 is 2.09 bits per heavy atom. The molecule has 0 aliphatic heterocycles. The summed E-state index contributed by atoms with van der Waals surface area (Å²) >= 11 is 1.80. The number of nitrogens with zero attached hydrogens (tertiary/aromatic N) is 4. The molecule has 0 saturated carbocycles. The van der Waals surface area contributed by atoms with Gasteiger partial charge in [-0.1, -0.05) is 12.1 Å². The standard InChI is InChI=1S/C17H20N4S/c1-14-16(11-20(2)19-14)12-21(13-17-6-4-8-22-17)10-15-5-3-7-18-9-15/h3-9,11H,10,12-13H2,1-2H3. The van der Waals surface area contributed by atoms with Crippen molar-refractivity contribution in [3.05, 3.63) is 69.9 Å². The van der Waals surface area contributed by atoms with E-state index in [0.717, 1.165) is 25.3 Å². The van der Waals surface area contributed by atoms with E-state index in [9.17, 15) is 0 Å². The minimum absolute atomic E-state index is 0.889. The predicted octanol–water partition coefficient (Wildman–Crippen LogP) is 3.39. The monoisotopic (exact) mass is 312 g/mol. The highest BCUT2D eigenvalue weighted by Gasteiger charge is 2.12. The van der Waals surface area contributed by atoms with Gasteiger partial charge in [-0.2, -0.15) is 5.10 Å². The van der Waals surface area contributed by atoms with E-state index in [2.05, 4.69) is 51.7 Å². The van der Waals surface area contributed by atoms with Crippen LogP contribution in [0, 0.1) is 6.92 Å². The zero-order chi connectivity index (χ0) is 15.4. The van der Waals surface area contributed by atoms with Crippen LogP contribution in [0.15, 0.2) is 48.2 Å². The van der Waals surface area contributed by atoms with E-state index in [-0.39, 0.29) is 0 Å². The van der Waals surface area contributed by atoms with Crippen LogP contribution in [0.25, 0.3) is 0 Å². The fourth-order valence-electron chi connectivity index (χ4n) is 2.59. The topological polar surface area (TPSA) is 34.0 Å². The Balaban J connectivity index is 1.77. The molecule has 0 radical (unpaired) electrons. The number of rotatable bonds is 6. The van der Waals surface area contributed by atoms with Gasteiger partial charge in [-0.15, -0.1) is 11.3 Å². The molecule has 0 atom stereocenters. The number of thiophene rings is 1. The molecule has 0 amide bonds. The van der Waals surface area contributed by atoms with Crippen LogP contribution in [-0.4, -0.2) is 19.7 Å². The molecule has 0 spiro atoms. The Labute approximate surface area is 135 Å². The highest BCUT2D eigenvalue weighted by molar-refractivity contribution is 7.09. The first-order valence-electron chi connectivity index (χ1n) is 7.33. The fourth-order valence-corrected chi connectivity index (χ4v) is 3.33. The molecule has 0 unspecified atom stereocenters. The highest BCUT2D eigenvalue weighted by Crippen LogP contribution is 2.18. The van der Waals surface area contributed by atoms with Gasteiger partial charge in [0.25, 0.3) is 0 Å². The number of aromatic nitrogens is 3. The summed E-state index contributed by atoms with van der Waals surface area (Å²) in [4.78, 5) is 8.04. The van der Waals surface area contributed by atoms with Crippen molar-refractivity contribution in [1.29, 1.82) is 0 Å². The van der Waals surface area contributed by atoms with Gasteiger partial charge in [-0.05, 0) is 30.0 Å². The third-order valence-corrected chi connectivity index (χ3v) is 4.46. The zero-order valence-corrected chi connectivity index (χ0v) is 13.8. The smallest absolute Gasteiger partial charge is 0.0638 e. The predicted molar refractivity (Wildman–Crippen MR) is 89.5 cm³/mol. The average molecular weight is 312 g/mol. The summed E-state index contributed by atoms with van der Waals surface area (Å²) in [5, 5.41) is 6.58. The first-order chi connectivity index (χ1) is 10.7. The van der Waals surface area contributed by atoms with Crippen molar-refractivity contribution in [3.8, 4) is 0 Å². The molecule has 3 aromatic rings. The van der Waals surface area contributed by atoms with Gasteiger partial charge in [0.05, 0.1) is 5.69 Å². The van der Waals surface area contributed by atoms with Crippen LogP contribution in [0.5, 0.6) is 0 Å². The molecule has 0 fully saturated rings. The van der Waals surface area contributed by atoms with E-state index in [1.165, 1.54) is 16.0 Å². The maximum Gasteiger partial charge on any atom is 0.0638 e. The highest BCUT2D eigenvalue weighted by atomic mass is 32.1. The van der Waals surface area contributed by atoms with E-state index in [0.29, 0.717) is 0 Å². The van der Waals surface area contributed by atoms with Crippen LogP contribution in [0.4, 0.5) is 0 Å². The molecule has 0 bridgehead atoms. The van der Waals surface area contributed by atoms with Crippen LogP contribution in [0.3, 0.4) is 0 Å². The van der Waals surface area contributed by atoms with E-state index < -0.39 is 0 Å². The quantitative estimate of drug-likeness (QED) is 0.699. The van der Waals surface area contributed by atoms with Crippen molar-refractivity contribution in [1.82, 2.24) is 19.7 Å². The lowest BCUT2D eigenvalue weighted by Crippen LogP contribution is -2.22. The summed E-state index contributed by atoms with van der Waals surface area (Å²) in [6.45, 7) is 4.80. The van der Waals surface area contributed by atoms with Gasteiger partial charge in [0.1, 0.15) is 0 Å². The summed E-state index contributed by atoms with van der Waals surface area (Å²) in [7, 11) is 1.97. The first kappa shape index (κ1) is 14.9. The van der Waals surface area contributed by atoms with Crippen LogP contribution in [-0.2, 0) is 26.7 Å². The Kier molecular flexibility index (Phi) is 4.65. The fraction of sp³-hybridized carbons (Fsp3) is 0.294. The second kappa shape index (κ2) is 6.85. The van der Waals surface area contributed by atoms with Gasteiger partial charge in [0, 0.05) is 55.7 Å². The van der Waals surface area contributed by atoms with Crippen molar-refractivity contribution in [3.63, 3.8) is 0 Å². The van der Waals surface area contributed by atoms with Crippen molar-refractivity contribution in [2.75, 3.05) is 0 Å². The molecular formula is C17H20N4S. The zero-order valence-electron chi connectivity index (χ0n) is 12.9. The lowest BCUT2D eigenvalue weighted by molar-refractivity contribution is 0.249. The van der Waals surface area contributed by atoms with Crippen molar-refractivity contribution in [2.45, 2.75) is 26.6 Å². The molecular weight excluding hydrogens is 292 g/mol. The van der Waals surface area contributed by atoms with Crippen molar-refractivity contribution >= 4 is 11.3 Å². The van der Waals surface area contributed by atoms with Crippen LogP contribution in [0.1, 0.15) is 21.7 Å². The molecule has 0 N–H and O–H groups in total. The number of pyridine rings is 1. The second-order valence-electron chi connectivity index (χ2n) is 5.50. The van der Waals surface area contributed by atoms with E-state index in [1.807, 2.05) is 30.2 Å². The summed E-state index contributed by atoms with van der Waals surface area (Å²) in [6.07, 6.45) is 5.87. The molecule has 3 aromatic heterocycles. The number of hydrogen-bond donors (Lipinski definition) is 0. The third-order valence-electron chi connectivity index (χ3n) is 3.60. The molecule has 0 aliphatic carbocycles. The number of hydrogen-bond acceptors (Lipinski definition) is 4. The van der Waals surface area contributed by atoms with Crippen molar-refractivity contribution in [2.24, 2.45) is 7.05 Å². The van der Waals surface area contributed by atoms with E-state index in [1.54, 1.807) is 11.3 Å². The van der Waals surface area contributed by atoms with Gasteiger partial charge in [-0.25, -0.2) is 0 Å². The van der Waals surface area contributed by atoms with E-state index >= 15 is 0 Å². The van der Waals surface area contributed by atoms with Crippen LogP contribution >= 0.6 is 11.3 Å². The third kappa shape index (κ3) is 3.81. The Morgan fingerprint density at radius 1 is 1.18 bits per heavy atom. The average Bonchev–Trinajstić information content (AvgIpc) is 3.10. The minimum Gasteiger partial charge on any atom is -0.290 e. The lowest BCUT2D eigenvalue weighted by atomic mass is 10.2. The van der Waals surface area contributed by atoms with Crippen LogP contribution < -0.4 is 0 Å². The summed E-state index contributed by atoms with van der Waals surface area (Å²) in [5.41, 5.74) is 3.62. The van der Waals surface area contributed by atoms with Crippen LogP contribution in [0.2, 0.25) is 0 Å². The molecule has 0 saturated heterocycles. The van der Waals surface area contributed by atoms with Gasteiger partial charge >= 0.3 is 0 Å². The van der Waals surface area contributed by atoms with Crippen molar-refractivity contribution < 1.29 is 0 Å². The molecule has 114 valence electrons. The second-order valence-corrected chi connectivity index (χ2v) is 6.53. The molecule has 0 aliphatic rings. The Hall–Kier alpha value is -1.98. The lowest BCUT2D eigenvalue weighted by Gasteiger charge is -2.21. The summed E-state index contributed by atoms with van der Waals surface area (Å²) in [5.74, 6) is 0. The van der Waals surface area contributed by atoms with Gasteiger partial charge in [0.15, 0.2) is 0 Å². The largest absolute Gasteiger partial charge is 0.290 e. The van der Waals surface area contributed by atoms with Gasteiger partial charge in [-0.3, -0.25) is 14.6 Å². The molecule has 3 rings (SSSR count). The SMILES string of the molecule is Cc1nn(C)cc1CN(Cc1cccnc1)Cc1cccs1. The summed E-state index contributed by atoms with van der Waals surface area (Å²) < 4.78 is 1.89. The summed E-state index contributed by atoms with van der Waals surface area (Å²) in [6, 6.07) is 8.42. The number of aryl methyl sites for hydroxylation is 2. The maximum atomic E-state index is 4.45. The van der Waals surface area contributed by atoms with E-state index in [4.69, 9.17) is 0 Å². The maximum absolute atomic E-state index is 4.45. The first-order valence-corrected chi connectivity index (χ1v) is 8.21. The molecule has 0 aromatic carbocycles. The minimum atomic E-state index is 0.889. The molecule has 3 heterocycles. The van der Waals surface area contributed by atoms with Gasteiger partial charge < -0.3 is 0 Å². The Morgan fingerprint density at radius 3 is 2.73 bits per heavy atom. The Bertz CT molecular complexity index is 704.